The third kappa shape index (κ3) is 5.61. The number of piperidine rings is 1. The monoisotopic (exact) mass is 397 g/mol. The summed E-state index contributed by atoms with van der Waals surface area (Å²) in [6.45, 7) is 9.43. The van der Waals surface area contributed by atoms with Crippen LogP contribution in [0.25, 0.3) is 0 Å². The Bertz CT molecular complexity index is 752. The van der Waals surface area contributed by atoms with E-state index >= 15 is 0 Å². The zero-order valence-corrected chi connectivity index (χ0v) is 17.9. The number of nitrogens with one attached hydrogen (secondary N) is 2. The van der Waals surface area contributed by atoms with Crippen LogP contribution < -0.4 is 20.3 Å². The Morgan fingerprint density at radius 1 is 1.11 bits per heavy atom. The van der Waals surface area contributed by atoms with Crippen LogP contribution in [0, 0.1) is 5.92 Å². The summed E-state index contributed by atoms with van der Waals surface area (Å²) in [5.41, 5.74) is 3.49. The Morgan fingerprint density at radius 3 is 2.36 bits per heavy atom. The van der Waals surface area contributed by atoms with Gasteiger partial charge in [0.1, 0.15) is 5.75 Å². The second-order valence-corrected chi connectivity index (χ2v) is 7.95. The number of hydrogen-bond donors (Lipinski definition) is 2. The fraction of sp³-hybridized carbons (Fsp3) is 0.435. The van der Waals surface area contributed by atoms with Gasteiger partial charge in [-0.25, -0.2) is 0 Å². The van der Waals surface area contributed by atoms with Crippen LogP contribution in [0.15, 0.2) is 48.5 Å². The van der Waals surface area contributed by atoms with Crippen molar-refractivity contribution in [3.63, 3.8) is 0 Å². The summed E-state index contributed by atoms with van der Waals surface area (Å²) in [5.74, 6) is 1.71. The molecule has 2 aromatic carbocycles. The number of ether oxygens (including phenoxy) is 1. The summed E-state index contributed by atoms with van der Waals surface area (Å²) in [4.78, 5) is 2.49. The number of thiocarbonyl (C=S) groups is 1. The molecule has 28 heavy (non-hydrogen) atoms. The molecule has 1 heterocycles. The Balaban J connectivity index is 1.52. The molecule has 3 rings (SSSR count). The molecule has 0 amide bonds. The zero-order valence-electron chi connectivity index (χ0n) is 17.1. The number of benzene rings is 2. The maximum absolute atomic E-state index is 5.47. The van der Waals surface area contributed by atoms with Gasteiger partial charge in [0.2, 0.25) is 0 Å². The Hall–Kier alpha value is -2.27. The fourth-order valence-electron chi connectivity index (χ4n) is 3.49. The summed E-state index contributed by atoms with van der Waals surface area (Å²) in [6, 6.07) is 16.8. The highest BCUT2D eigenvalue weighted by atomic mass is 32.1. The molecule has 0 aromatic heterocycles. The Kier molecular flexibility index (Phi) is 7.15. The first-order chi connectivity index (χ1) is 13.5. The van der Waals surface area contributed by atoms with Gasteiger partial charge in [-0.3, -0.25) is 0 Å². The maximum atomic E-state index is 5.47. The quantitative estimate of drug-likeness (QED) is 0.641. The van der Waals surface area contributed by atoms with Crippen molar-refractivity contribution in [3.05, 3.63) is 54.1 Å². The highest BCUT2D eigenvalue weighted by Crippen LogP contribution is 2.24. The first-order valence-electron chi connectivity index (χ1n) is 10.2. The molecular formula is C23H31N3OS. The van der Waals surface area contributed by atoms with Crippen molar-refractivity contribution >= 4 is 28.7 Å². The number of rotatable bonds is 6. The lowest BCUT2D eigenvalue weighted by Gasteiger charge is -2.32. The first kappa shape index (κ1) is 20.5. The molecule has 0 spiro atoms. The second kappa shape index (κ2) is 9.78. The van der Waals surface area contributed by atoms with Crippen LogP contribution in [-0.2, 0) is 0 Å². The van der Waals surface area contributed by atoms with Gasteiger partial charge in [-0.1, -0.05) is 19.1 Å². The van der Waals surface area contributed by atoms with Crippen LogP contribution in [0.4, 0.5) is 11.4 Å². The molecule has 2 aromatic rings. The normalized spacial score (nSPS) is 15.8. The average molecular weight is 398 g/mol. The molecule has 1 aliphatic heterocycles. The number of anilines is 2. The predicted molar refractivity (Wildman–Crippen MR) is 122 cm³/mol. The minimum Gasteiger partial charge on any atom is -0.494 e. The van der Waals surface area contributed by atoms with Crippen molar-refractivity contribution in [2.75, 3.05) is 29.9 Å². The lowest BCUT2D eigenvalue weighted by Crippen LogP contribution is -2.33. The minimum atomic E-state index is 0.137. The third-order valence-electron chi connectivity index (χ3n) is 5.31. The van der Waals surface area contributed by atoms with Crippen molar-refractivity contribution in [1.82, 2.24) is 5.32 Å². The highest BCUT2D eigenvalue weighted by molar-refractivity contribution is 7.80. The molecule has 0 aliphatic carbocycles. The van der Waals surface area contributed by atoms with Gasteiger partial charge in [0.25, 0.3) is 0 Å². The van der Waals surface area contributed by atoms with Crippen LogP contribution in [0.5, 0.6) is 5.75 Å². The highest BCUT2D eigenvalue weighted by Gasteiger charge is 2.16. The smallest absolute Gasteiger partial charge is 0.171 e. The Morgan fingerprint density at radius 2 is 1.75 bits per heavy atom. The van der Waals surface area contributed by atoms with E-state index in [1.165, 1.54) is 24.1 Å². The van der Waals surface area contributed by atoms with E-state index in [9.17, 15) is 0 Å². The van der Waals surface area contributed by atoms with Gasteiger partial charge in [-0.05, 0) is 86.8 Å². The molecule has 0 saturated carbocycles. The van der Waals surface area contributed by atoms with E-state index < -0.39 is 0 Å². The minimum absolute atomic E-state index is 0.137. The molecular weight excluding hydrogens is 366 g/mol. The fourth-order valence-corrected chi connectivity index (χ4v) is 3.78. The van der Waals surface area contributed by atoms with Gasteiger partial charge in [0.05, 0.1) is 12.6 Å². The molecule has 1 saturated heterocycles. The maximum Gasteiger partial charge on any atom is 0.171 e. The molecule has 1 unspecified atom stereocenters. The predicted octanol–water partition coefficient (Wildman–Crippen LogP) is 5.37. The largest absolute Gasteiger partial charge is 0.494 e. The van der Waals surface area contributed by atoms with Crippen molar-refractivity contribution in [3.8, 4) is 5.75 Å². The molecule has 1 aliphatic rings. The molecule has 4 nitrogen and oxygen atoms in total. The molecule has 5 heteroatoms. The topological polar surface area (TPSA) is 36.5 Å². The summed E-state index contributed by atoms with van der Waals surface area (Å²) in [6.07, 6.45) is 2.57. The molecule has 150 valence electrons. The van der Waals surface area contributed by atoms with Crippen LogP contribution in [0.1, 0.15) is 45.2 Å². The van der Waals surface area contributed by atoms with E-state index in [1.807, 2.05) is 31.2 Å². The van der Waals surface area contributed by atoms with E-state index in [2.05, 4.69) is 53.6 Å². The van der Waals surface area contributed by atoms with E-state index in [-0.39, 0.29) is 6.04 Å². The van der Waals surface area contributed by atoms with Crippen LogP contribution in [0.2, 0.25) is 0 Å². The zero-order chi connectivity index (χ0) is 19.9. The molecule has 1 atom stereocenters. The van der Waals surface area contributed by atoms with Gasteiger partial charge < -0.3 is 20.3 Å². The van der Waals surface area contributed by atoms with Gasteiger partial charge in [-0.2, -0.15) is 0 Å². The van der Waals surface area contributed by atoms with Crippen LogP contribution >= 0.6 is 12.2 Å². The number of nitrogens with zero attached hydrogens (tertiary/aromatic N) is 1. The number of hydrogen-bond acceptors (Lipinski definition) is 3. The summed E-state index contributed by atoms with van der Waals surface area (Å²) >= 11 is 5.47. The van der Waals surface area contributed by atoms with Crippen LogP contribution in [0.3, 0.4) is 0 Å². The van der Waals surface area contributed by atoms with Crippen molar-refractivity contribution in [2.45, 2.75) is 39.7 Å². The average Bonchev–Trinajstić information content (AvgIpc) is 2.70. The van der Waals surface area contributed by atoms with Crippen molar-refractivity contribution < 1.29 is 4.74 Å². The van der Waals surface area contributed by atoms with Gasteiger partial charge in [0, 0.05) is 24.5 Å². The van der Waals surface area contributed by atoms with Gasteiger partial charge in [-0.15, -0.1) is 0 Å². The van der Waals surface area contributed by atoms with Crippen LogP contribution in [-0.4, -0.2) is 24.8 Å². The van der Waals surface area contributed by atoms with E-state index in [4.69, 9.17) is 17.0 Å². The summed E-state index contributed by atoms with van der Waals surface area (Å²) < 4.78 is 5.47. The summed E-state index contributed by atoms with van der Waals surface area (Å²) in [7, 11) is 0. The Labute approximate surface area is 174 Å². The van der Waals surface area contributed by atoms with Gasteiger partial charge >= 0.3 is 0 Å². The lowest BCUT2D eigenvalue weighted by molar-refractivity contribution is 0.340. The van der Waals surface area contributed by atoms with E-state index in [0.29, 0.717) is 11.7 Å². The molecule has 1 fully saturated rings. The first-order valence-corrected chi connectivity index (χ1v) is 10.6. The van der Waals surface area contributed by atoms with Crippen molar-refractivity contribution in [2.24, 2.45) is 5.92 Å². The second-order valence-electron chi connectivity index (χ2n) is 7.54. The van der Waals surface area contributed by atoms with Crippen molar-refractivity contribution in [1.29, 1.82) is 0 Å². The lowest BCUT2D eigenvalue weighted by atomic mass is 9.98. The van der Waals surface area contributed by atoms with E-state index in [1.54, 1.807) is 0 Å². The summed E-state index contributed by atoms with van der Waals surface area (Å²) in [5, 5.41) is 7.22. The van der Waals surface area contributed by atoms with E-state index in [0.717, 1.165) is 30.4 Å². The molecule has 0 bridgehead atoms. The van der Waals surface area contributed by atoms with Gasteiger partial charge in [0.15, 0.2) is 5.11 Å². The third-order valence-corrected chi connectivity index (χ3v) is 5.53. The standard InChI is InChI=1S/C23H31N3OS/c1-4-27-22-11-7-20(8-12-22)25-23(28)24-18(3)19-5-9-21(10-6-19)26-15-13-17(2)14-16-26/h5-12,17-18H,4,13-16H2,1-3H3,(H2,24,25,28). The molecule has 0 radical (unpaired) electrons. The SMILES string of the molecule is CCOc1ccc(NC(=S)NC(C)c2ccc(N3CCC(C)CC3)cc2)cc1. The molecule has 2 N–H and O–H groups in total.